The number of nitrogens with one attached hydrogen (secondary N) is 2. The maximum absolute atomic E-state index is 13.0. The number of hydrogen-bond donors (Lipinski definition) is 2. The zero-order chi connectivity index (χ0) is 19.8. The van der Waals surface area contributed by atoms with Crippen LogP contribution in [0.3, 0.4) is 0 Å². The molecule has 8 heteroatoms. The Hall–Kier alpha value is -1.34. The van der Waals surface area contributed by atoms with Crippen molar-refractivity contribution in [3.8, 4) is 0 Å². The number of likely N-dealkylation sites (tertiary alicyclic amines) is 1. The minimum atomic E-state index is -0.793. The van der Waals surface area contributed by atoms with Crippen LogP contribution in [0.1, 0.15) is 59.3 Å². The molecule has 0 aromatic heterocycles. The van der Waals surface area contributed by atoms with E-state index >= 15 is 0 Å². The van der Waals surface area contributed by atoms with Crippen LogP contribution in [0, 0.1) is 11.3 Å². The van der Waals surface area contributed by atoms with Gasteiger partial charge in [-0.3, -0.25) is 14.5 Å². The zero-order valence-electron chi connectivity index (χ0n) is 17.5. The maximum Gasteiger partial charge on any atom is 0.325 e. The summed E-state index contributed by atoms with van der Waals surface area (Å²) < 4.78 is 0. The van der Waals surface area contributed by atoms with E-state index in [1.54, 1.807) is 4.90 Å². The van der Waals surface area contributed by atoms with Gasteiger partial charge in [-0.15, -0.1) is 12.4 Å². The first-order valence-electron chi connectivity index (χ1n) is 10.3. The largest absolute Gasteiger partial charge is 0.341 e. The average molecular weight is 415 g/mol. The molecule has 4 amide bonds. The number of rotatable bonds is 3. The summed E-state index contributed by atoms with van der Waals surface area (Å²) in [5.41, 5.74) is -0.583. The predicted molar refractivity (Wildman–Crippen MR) is 110 cm³/mol. The number of carbonyl (C=O) groups is 3. The second kappa shape index (κ2) is 8.57. The molecule has 2 heterocycles. The van der Waals surface area contributed by atoms with Crippen LogP contribution in [-0.2, 0) is 9.59 Å². The van der Waals surface area contributed by atoms with Crippen molar-refractivity contribution in [2.45, 2.75) is 70.9 Å². The molecule has 2 N–H and O–H groups in total. The van der Waals surface area contributed by atoms with E-state index in [2.05, 4.69) is 31.4 Å². The van der Waals surface area contributed by atoms with Gasteiger partial charge in [-0.05, 0) is 56.9 Å². The van der Waals surface area contributed by atoms with Crippen LogP contribution >= 0.6 is 12.4 Å². The lowest BCUT2D eigenvalue weighted by Gasteiger charge is -2.40. The van der Waals surface area contributed by atoms with Gasteiger partial charge >= 0.3 is 6.03 Å². The summed E-state index contributed by atoms with van der Waals surface area (Å²) >= 11 is 0. The van der Waals surface area contributed by atoms with Crippen LogP contribution in [0.25, 0.3) is 0 Å². The van der Waals surface area contributed by atoms with Crippen LogP contribution < -0.4 is 10.6 Å². The van der Waals surface area contributed by atoms with E-state index in [9.17, 15) is 14.4 Å². The second-order valence-electron chi connectivity index (χ2n) is 9.49. The maximum atomic E-state index is 13.0. The normalized spacial score (nSPS) is 29.1. The lowest BCUT2D eigenvalue weighted by Crippen LogP contribution is -2.51. The highest BCUT2D eigenvalue weighted by Gasteiger charge is 2.53. The van der Waals surface area contributed by atoms with Gasteiger partial charge in [0.05, 0.1) is 0 Å². The second-order valence-corrected chi connectivity index (χ2v) is 9.49. The molecule has 0 unspecified atom stereocenters. The van der Waals surface area contributed by atoms with Crippen LogP contribution in [-0.4, -0.2) is 65.9 Å². The fourth-order valence-electron chi connectivity index (χ4n) is 4.79. The van der Waals surface area contributed by atoms with Gasteiger partial charge in [0.15, 0.2) is 0 Å². The van der Waals surface area contributed by atoms with Crippen molar-refractivity contribution in [1.82, 2.24) is 20.4 Å². The molecule has 1 spiro atoms. The molecule has 7 nitrogen and oxygen atoms in total. The van der Waals surface area contributed by atoms with Crippen LogP contribution in [0.15, 0.2) is 0 Å². The first-order chi connectivity index (χ1) is 12.7. The molecule has 2 aliphatic heterocycles. The molecule has 0 aromatic carbocycles. The summed E-state index contributed by atoms with van der Waals surface area (Å²) in [7, 11) is 1.93. The van der Waals surface area contributed by atoms with Gasteiger partial charge in [-0.2, -0.15) is 0 Å². The average Bonchev–Trinajstić information content (AvgIpc) is 2.85. The molecule has 160 valence electrons. The number of carbonyl (C=O) groups excluding carboxylic acids is 3. The highest BCUT2D eigenvalue weighted by atomic mass is 35.5. The number of urea groups is 1. The van der Waals surface area contributed by atoms with E-state index in [0.29, 0.717) is 37.9 Å². The molecule has 1 aliphatic carbocycles. The molecule has 0 aromatic rings. The molecule has 3 aliphatic rings. The molecule has 3 rings (SSSR count). The van der Waals surface area contributed by atoms with Crippen molar-refractivity contribution in [2.75, 3.05) is 26.7 Å². The monoisotopic (exact) mass is 414 g/mol. The van der Waals surface area contributed by atoms with E-state index in [0.717, 1.165) is 30.6 Å². The number of imide groups is 1. The summed E-state index contributed by atoms with van der Waals surface area (Å²) in [6.07, 6.45) is 4.99. The van der Waals surface area contributed by atoms with E-state index in [4.69, 9.17) is 0 Å². The third-order valence-electron chi connectivity index (χ3n) is 6.86. The topological polar surface area (TPSA) is 81.8 Å². The Labute approximate surface area is 174 Å². The van der Waals surface area contributed by atoms with E-state index in [1.165, 1.54) is 0 Å². The van der Waals surface area contributed by atoms with Gasteiger partial charge in [0.2, 0.25) is 5.91 Å². The number of amides is 4. The van der Waals surface area contributed by atoms with Crippen LogP contribution in [0.4, 0.5) is 4.79 Å². The first-order valence-corrected chi connectivity index (χ1v) is 10.3. The lowest BCUT2D eigenvalue weighted by molar-refractivity contribution is -0.140. The quantitative estimate of drug-likeness (QED) is 0.693. The Bertz CT molecular complexity index is 603. The molecule has 0 bridgehead atoms. The molecular weight excluding hydrogens is 380 g/mol. The summed E-state index contributed by atoms with van der Waals surface area (Å²) in [5, 5.41) is 6.16. The third-order valence-corrected chi connectivity index (χ3v) is 6.86. The Kier molecular flexibility index (Phi) is 7.03. The minimum absolute atomic E-state index is 0. The lowest BCUT2D eigenvalue weighted by atomic mass is 9.67. The smallest absolute Gasteiger partial charge is 0.325 e. The molecule has 0 atom stereocenters. The van der Waals surface area contributed by atoms with E-state index < -0.39 is 11.6 Å². The van der Waals surface area contributed by atoms with Crippen molar-refractivity contribution >= 4 is 30.3 Å². The predicted octanol–water partition coefficient (Wildman–Crippen LogP) is 2.15. The van der Waals surface area contributed by atoms with E-state index in [-0.39, 0.29) is 36.2 Å². The Morgan fingerprint density at radius 3 is 2.21 bits per heavy atom. The summed E-state index contributed by atoms with van der Waals surface area (Å²) in [4.78, 5) is 41.0. The van der Waals surface area contributed by atoms with Gasteiger partial charge in [0.25, 0.3) is 5.91 Å². The number of hydrogen-bond acceptors (Lipinski definition) is 4. The summed E-state index contributed by atoms with van der Waals surface area (Å²) in [6, 6.07) is 0.0275. The highest BCUT2D eigenvalue weighted by Crippen LogP contribution is 2.43. The summed E-state index contributed by atoms with van der Waals surface area (Å²) in [6.45, 7) is 7.89. The Morgan fingerprint density at radius 1 is 1.14 bits per heavy atom. The molecule has 2 saturated heterocycles. The molecule has 3 fully saturated rings. The summed E-state index contributed by atoms with van der Waals surface area (Å²) in [5.74, 6) is 0.212. The van der Waals surface area contributed by atoms with Crippen LogP contribution in [0.5, 0.6) is 0 Å². The van der Waals surface area contributed by atoms with Crippen LogP contribution in [0.2, 0.25) is 0 Å². The van der Waals surface area contributed by atoms with Gasteiger partial charge in [0.1, 0.15) is 12.1 Å². The minimum Gasteiger partial charge on any atom is -0.341 e. The molecule has 1 saturated carbocycles. The van der Waals surface area contributed by atoms with Crippen molar-refractivity contribution in [3.63, 3.8) is 0 Å². The van der Waals surface area contributed by atoms with Gasteiger partial charge in [-0.25, -0.2) is 4.79 Å². The van der Waals surface area contributed by atoms with Crippen molar-refractivity contribution in [1.29, 1.82) is 0 Å². The fraction of sp³-hybridized carbons (Fsp3) is 0.850. The fourth-order valence-corrected chi connectivity index (χ4v) is 4.79. The van der Waals surface area contributed by atoms with Crippen molar-refractivity contribution < 1.29 is 14.4 Å². The number of nitrogens with zero attached hydrogens (tertiary/aromatic N) is 2. The zero-order valence-corrected chi connectivity index (χ0v) is 18.4. The van der Waals surface area contributed by atoms with Gasteiger partial charge in [0, 0.05) is 19.1 Å². The molecule has 28 heavy (non-hydrogen) atoms. The van der Waals surface area contributed by atoms with Crippen molar-refractivity contribution in [2.24, 2.45) is 11.3 Å². The van der Waals surface area contributed by atoms with E-state index in [1.807, 2.05) is 7.05 Å². The first kappa shape index (κ1) is 22.9. The van der Waals surface area contributed by atoms with Gasteiger partial charge < -0.3 is 15.5 Å². The third kappa shape index (κ3) is 4.46. The standard InChI is InChI=1S/C20H34N4O3.ClH/c1-19(2,3)14-5-9-20(10-6-14)17(26)24(18(27)22-20)13-16(25)23-11-7-15(21-4)8-12-23;/h14-15,21H,5-13H2,1-4H3,(H,22,27);1H. The van der Waals surface area contributed by atoms with Crippen molar-refractivity contribution in [3.05, 3.63) is 0 Å². The highest BCUT2D eigenvalue weighted by molar-refractivity contribution is 6.09. The molecule has 0 radical (unpaired) electrons. The number of halogens is 1. The Morgan fingerprint density at radius 2 is 1.71 bits per heavy atom. The number of piperidine rings is 1. The molecular formula is C20H35ClN4O3. The SMILES string of the molecule is CNC1CCN(C(=O)CN2C(=O)NC3(CCC(C(C)(C)C)CC3)C2=O)CC1.Cl. The Balaban J connectivity index is 0.00000280. The van der Waals surface area contributed by atoms with Gasteiger partial charge in [-0.1, -0.05) is 20.8 Å².